The Balaban J connectivity index is 2.59. The van der Waals surface area contributed by atoms with Crippen LogP contribution in [0.4, 0.5) is 0 Å². The summed E-state index contributed by atoms with van der Waals surface area (Å²) >= 11 is 0. The second kappa shape index (κ2) is 6.27. The van der Waals surface area contributed by atoms with Gasteiger partial charge in [0.1, 0.15) is 24.4 Å². The van der Waals surface area contributed by atoms with E-state index in [1.54, 1.807) is 0 Å². The molecule has 0 aliphatic carbocycles. The molecule has 9 heteroatoms. The van der Waals surface area contributed by atoms with Gasteiger partial charge in [0.2, 0.25) is 0 Å². The smallest absolute Gasteiger partial charge is 0.138 e. The molecular weight excluding hydrogens is 208 g/mol. The maximum Gasteiger partial charge on any atom is 0.138 e. The molecule has 0 amide bonds. The highest BCUT2D eigenvalue weighted by molar-refractivity contribution is 4.90. The van der Waals surface area contributed by atoms with E-state index in [2.05, 4.69) is 14.5 Å². The summed E-state index contributed by atoms with van der Waals surface area (Å²) in [6, 6.07) is 0. The predicted octanol–water partition coefficient (Wildman–Crippen LogP) is -2.95. The molecule has 0 bridgehead atoms. The Morgan fingerprint density at radius 2 is 1.93 bits per heavy atom. The van der Waals surface area contributed by atoms with Gasteiger partial charge in [-0.1, -0.05) is 0 Å². The number of hydrogen-bond donors (Lipinski definition) is 4. The molecule has 0 radical (unpaired) electrons. The maximum atomic E-state index is 5.32. The largest absolute Gasteiger partial charge is 0.370 e. The second-order valence-electron chi connectivity index (χ2n) is 3.08. The summed E-state index contributed by atoms with van der Waals surface area (Å²) < 4.78 is 5.32. The van der Waals surface area contributed by atoms with Crippen molar-refractivity contribution in [2.24, 2.45) is 23.6 Å². The maximum absolute atomic E-state index is 5.32. The van der Waals surface area contributed by atoms with Crippen LogP contribution >= 0.6 is 0 Å². The van der Waals surface area contributed by atoms with E-state index >= 15 is 0 Å². The van der Waals surface area contributed by atoms with Crippen LogP contribution in [0.1, 0.15) is 0 Å². The zero-order chi connectivity index (χ0) is 11.3. The quantitative estimate of drug-likeness (QED) is 0.347. The molecule has 0 aromatic heterocycles. The van der Waals surface area contributed by atoms with E-state index in [1.165, 1.54) is 0 Å². The fourth-order valence-electron chi connectivity index (χ4n) is 1.51. The summed E-state index contributed by atoms with van der Waals surface area (Å²) in [5, 5.41) is 0. The van der Waals surface area contributed by atoms with Crippen LogP contribution in [0.15, 0.2) is 0 Å². The first-order chi connectivity index (χ1) is 7.28. The van der Waals surface area contributed by atoms with Gasteiger partial charge >= 0.3 is 0 Å². The minimum Gasteiger partial charge on any atom is -0.370 e. The Hall–Kier alpha value is -0.360. The molecule has 90 valence electrons. The lowest BCUT2D eigenvalue weighted by Crippen LogP contribution is -2.47. The van der Waals surface area contributed by atoms with Gasteiger partial charge in [-0.25, -0.2) is 23.6 Å². The van der Waals surface area contributed by atoms with Crippen molar-refractivity contribution in [2.45, 2.75) is 24.4 Å². The van der Waals surface area contributed by atoms with Crippen LogP contribution in [0.5, 0.6) is 0 Å². The minimum atomic E-state index is -0.608. The van der Waals surface area contributed by atoms with Crippen molar-refractivity contribution in [3.63, 3.8) is 0 Å². The molecule has 1 aliphatic rings. The summed E-state index contributed by atoms with van der Waals surface area (Å²) in [6.07, 6.45) is -2.21. The monoisotopic (exact) mass is 224 g/mol. The molecule has 1 fully saturated rings. The Bertz CT molecular complexity index is 185. The molecule has 9 nitrogen and oxygen atoms in total. The van der Waals surface area contributed by atoms with E-state index < -0.39 is 24.4 Å². The van der Waals surface area contributed by atoms with E-state index in [0.29, 0.717) is 0 Å². The minimum absolute atomic E-state index is 0.0400. The molecule has 4 atom stereocenters. The molecule has 1 heterocycles. The highest BCUT2D eigenvalue weighted by Gasteiger charge is 2.44. The zero-order valence-electron chi connectivity index (χ0n) is 8.07. The topological polar surface area (TPSA) is 150 Å². The van der Waals surface area contributed by atoms with Crippen molar-refractivity contribution in [3.05, 3.63) is 0 Å². The lowest BCUT2D eigenvalue weighted by molar-refractivity contribution is -0.131. The zero-order valence-corrected chi connectivity index (χ0v) is 8.07. The average Bonchev–Trinajstić information content (AvgIpc) is 2.68. The molecule has 0 aromatic carbocycles. The van der Waals surface area contributed by atoms with Crippen molar-refractivity contribution >= 4 is 0 Å². The first-order valence-corrected chi connectivity index (χ1v) is 4.28. The summed E-state index contributed by atoms with van der Waals surface area (Å²) in [7, 11) is 0. The van der Waals surface area contributed by atoms with Crippen LogP contribution in [-0.2, 0) is 24.1 Å². The second-order valence-corrected chi connectivity index (χ2v) is 3.08. The van der Waals surface area contributed by atoms with Crippen molar-refractivity contribution in [1.29, 1.82) is 0 Å². The van der Waals surface area contributed by atoms with Crippen molar-refractivity contribution < 1.29 is 24.1 Å². The predicted molar refractivity (Wildman–Crippen MR) is 47.1 cm³/mol. The molecule has 15 heavy (non-hydrogen) atoms. The van der Waals surface area contributed by atoms with Crippen LogP contribution < -0.4 is 23.6 Å². The fraction of sp³-hybridized carbons (Fsp3) is 1.00. The Morgan fingerprint density at radius 3 is 2.40 bits per heavy atom. The molecule has 1 saturated heterocycles. The fourth-order valence-corrected chi connectivity index (χ4v) is 1.51. The van der Waals surface area contributed by atoms with Gasteiger partial charge in [-0.3, -0.25) is 14.5 Å². The van der Waals surface area contributed by atoms with Crippen LogP contribution in [0.25, 0.3) is 0 Å². The molecule has 8 N–H and O–H groups in total. The third kappa shape index (κ3) is 2.81. The van der Waals surface area contributed by atoms with Crippen molar-refractivity contribution in [3.8, 4) is 0 Å². The Labute approximate surface area is 86.3 Å². The van der Waals surface area contributed by atoms with E-state index in [4.69, 9.17) is 33.2 Å². The average molecular weight is 224 g/mol. The van der Waals surface area contributed by atoms with E-state index in [-0.39, 0.29) is 13.2 Å². The van der Waals surface area contributed by atoms with Crippen LogP contribution in [0, 0.1) is 0 Å². The van der Waals surface area contributed by atoms with Crippen LogP contribution in [0.2, 0.25) is 0 Å². The van der Waals surface area contributed by atoms with Crippen LogP contribution in [-0.4, -0.2) is 37.6 Å². The van der Waals surface area contributed by atoms with Gasteiger partial charge in [-0.15, -0.1) is 0 Å². The molecule has 0 spiro atoms. The summed E-state index contributed by atoms with van der Waals surface area (Å²) in [5.74, 6) is 20.1. The molecular formula is C6H16N4O5. The lowest BCUT2D eigenvalue weighted by Gasteiger charge is -2.24. The van der Waals surface area contributed by atoms with Crippen molar-refractivity contribution in [2.75, 3.05) is 13.2 Å². The van der Waals surface area contributed by atoms with Gasteiger partial charge in [0, 0.05) is 0 Å². The standard InChI is InChI=1S/C6H16N4O5/c7-12-2-4(14-9)5-6(15-10)3(13-8)1-11-5/h3-6H,1-2,7-10H2. The van der Waals surface area contributed by atoms with E-state index in [9.17, 15) is 0 Å². The molecule has 1 aliphatic heterocycles. The van der Waals surface area contributed by atoms with Gasteiger partial charge < -0.3 is 9.57 Å². The Kier molecular flexibility index (Phi) is 5.31. The van der Waals surface area contributed by atoms with Crippen molar-refractivity contribution in [1.82, 2.24) is 0 Å². The van der Waals surface area contributed by atoms with Gasteiger partial charge in [0.15, 0.2) is 0 Å². The third-order valence-electron chi connectivity index (χ3n) is 2.28. The van der Waals surface area contributed by atoms with Gasteiger partial charge in [0.25, 0.3) is 0 Å². The lowest BCUT2D eigenvalue weighted by atomic mass is 10.1. The molecule has 0 saturated carbocycles. The van der Waals surface area contributed by atoms with Gasteiger partial charge in [-0.2, -0.15) is 0 Å². The first-order valence-electron chi connectivity index (χ1n) is 4.28. The van der Waals surface area contributed by atoms with Gasteiger partial charge in [0.05, 0.1) is 13.2 Å². The van der Waals surface area contributed by atoms with Gasteiger partial charge in [-0.05, 0) is 0 Å². The van der Waals surface area contributed by atoms with E-state index in [1.807, 2.05) is 0 Å². The molecule has 4 unspecified atom stereocenters. The first kappa shape index (κ1) is 12.7. The number of hydrogen-bond acceptors (Lipinski definition) is 9. The number of nitrogens with two attached hydrogens (primary N) is 4. The Morgan fingerprint density at radius 1 is 1.20 bits per heavy atom. The number of ether oxygens (including phenoxy) is 1. The molecule has 0 aromatic rings. The van der Waals surface area contributed by atoms with Crippen LogP contribution in [0.3, 0.4) is 0 Å². The molecule has 1 rings (SSSR count). The highest BCUT2D eigenvalue weighted by atomic mass is 16.7. The summed E-state index contributed by atoms with van der Waals surface area (Å²) in [4.78, 5) is 18.4. The summed E-state index contributed by atoms with van der Waals surface area (Å²) in [5.41, 5.74) is 0. The highest BCUT2D eigenvalue weighted by Crippen LogP contribution is 2.22. The normalized spacial score (nSPS) is 33.2. The number of rotatable bonds is 6. The summed E-state index contributed by atoms with van der Waals surface area (Å²) in [6.45, 7) is 0.270. The van der Waals surface area contributed by atoms with E-state index in [0.717, 1.165) is 0 Å². The SMILES string of the molecule is NOCC(ON)C1OCC(ON)C1ON. The third-order valence-corrected chi connectivity index (χ3v) is 2.28.